The second-order valence-electron chi connectivity index (χ2n) is 5.68. The Bertz CT molecular complexity index is 641. The number of anilines is 1. The van der Waals surface area contributed by atoms with Crippen molar-refractivity contribution in [1.82, 2.24) is 25.1 Å². The van der Waals surface area contributed by atoms with Gasteiger partial charge in [-0.15, -0.1) is 0 Å². The third-order valence-electron chi connectivity index (χ3n) is 3.88. The van der Waals surface area contributed by atoms with Crippen LogP contribution in [0.3, 0.4) is 0 Å². The van der Waals surface area contributed by atoms with Crippen LogP contribution in [0.1, 0.15) is 42.5 Å². The number of aryl methyl sites for hydroxylation is 3. The van der Waals surface area contributed by atoms with Crippen LogP contribution in [0.25, 0.3) is 0 Å². The molecule has 3 heterocycles. The van der Waals surface area contributed by atoms with Gasteiger partial charge in [0, 0.05) is 30.5 Å². The molecule has 2 N–H and O–H groups in total. The summed E-state index contributed by atoms with van der Waals surface area (Å²) in [5, 5.41) is 10.4. The van der Waals surface area contributed by atoms with E-state index in [4.69, 9.17) is 4.74 Å². The highest BCUT2D eigenvalue weighted by molar-refractivity contribution is 5.28. The summed E-state index contributed by atoms with van der Waals surface area (Å²) in [6.07, 6.45) is 1.83. The van der Waals surface area contributed by atoms with Crippen molar-refractivity contribution >= 4 is 5.95 Å². The molecule has 0 aromatic carbocycles. The van der Waals surface area contributed by atoms with Crippen molar-refractivity contribution in [1.29, 1.82) is 0 Å². The number of ether oxygens (including phenoxy) is 1. The Morgan fingerprint density at radius 1 is 1.32 bits per heavy atom. The maximum atomic E-state index is 5.80. The predicted molar refractivity (Wildman–Crippen MR) is 82.6 cm³/mol. The lowest BCUT2D eigenvalue weighted by Gasteiger charge is -2.16. The van der Waals surface area contributed by atoms with Crippen LogP contribution < -0.4 is 5.32 Å². The summed E-state index contributed by atoms with van der Waals surface area (Å²) in [4.78, 5) is 13.3. The first-order chi connectivity index (χ1) is 10.7. The Hall–Kier alpha value is -2.02. The Kier molecular flexibility index (Phi) is 4.33. The molecule has 0 amide bonds. The second kappa shape index (κ2) is 6.39. The molecule has 0 unspecified atom stereocenters. The number of rotatable bonds is 5. The zero-order chi connectivity index (χ0) is 15.5. The minimum atomic E-state index is -0.0621. The quantitative estimate of drug-likeness (QED) is 0.877. The van der Waals surface area contributed by atoms with E-state index in [-0.39, 0.29) is 6.10 Å². The van der Waals surface area contributed by atoms with E-state index in [1.54, 1.807) is 0 Å². The molecule has 0 radical (unpaired) electrons. The van der Waals surface area contributed by atoms with Gasteiger partial charge in [0.25, 0.3) is 0 Å². The fourth-order valence-corrected chi connectivity index (χ4v) is 2.73. The molecule has 1 fully saturated rings. The average molecular weight is 302 g/mol. The first kappa shape index (κ1) is 14.9. The van der Waals surface area contributed by atoms with Crippen molar-refractivity contribution in [3.05, 3.63) is 29.1 Å². The van der Waals surface area contributed by atoms with Crippen molar-refractivity contribution in [2.24, 2.45) is 5.92 Å². The lowest BCUT2D eigenvalue weighted by atomic mass is 10.0. The van der Waals surface area contributed by atoms with Crippen LogP contribution in [0.5, 0.6) is 0 Å². The van der Waals surface area contributed by atoms with E-state index in [9.17, 15) is 0 Å². The highest BCUT2D eigenvalue weighted by atomic mass is 16.5. The van der Waals surface area contributed by atoms with Crippen LogP contribution in [0.2, 0.25) is 0 Å². The lowest BCUT2D eigenvalue weighted by molar-refractivity contribution is 0.0863. The summed E-state index contributed by atoms with van der Waals surface area (Å²) in [6.45, 7) is 7.47. The van der Waals surface area contributed by atoms with Gasteiger partial charge in [-0.1, -0.05) is 6.92 Å². The van der Waals surface area contributed by atoms with Crippen LogP contribution >= 0.6 is 0 Å². The second-order valence-corrected chi connectivity index (χ2v) is 5.68. The van der Waals surface area contributed by atoms with E-state index in [0.717, 1.165) is 49.0 Å². The monoisotopic (exact) mass is 302 g/mol. The Labute approximate surface area is 129 Å². The molecule has 22 heavy (non-hydrogen) atoms. The first-order valence-corrected chi connectivity index (χ1v) is 7.74. The third-order valence-corrected chi connectivity index (χ3v) is 3.88. The molecule has 7 nitrogen and oxygen atoms in total. The number of aromatic nitrogens is 5. The summed E-state index contributed by atoms with van der Waals surface area (Å²) < 4.78 is 5.80. The van der Waals surface area contributed by atoms with E-state index >= 15 is 0 Å². The number of aromatic amines is 1. The van der Waals surface area contributed by atoms with Crippen LogP contribution in [0.15, 0.2) is 6.07 Å². The summed E-state index contributed by atoms with van der Waals surface area (Å²) in [7, 11) is 0. The van der Waals surface area contributed by atoms with Gasteiger partial charge in [-0.3, -0.25) is 5.10 Å². The third kappa shape index (κ3) is 3.24. The van der Waals surface area contributed by atoms with E-state index in [1.807, 2.05) is 19.9 Å². The van der Waals surface area contributed by atoms with Gasteiger partial charge in [-0.2, -0.15) is 5.10 Å². The zero-order valence-corrected chi connectivity index (χ0v) is 13.3. The number of nitrogens with one attached hydrogen (secondary N) is 2. The summed E-state index contributed by atoms with van der Waals surface area (Å²) >= 11 is 0. The molecule has 118 valence electrons. The molecular formula is C15H22N6O. The average Bonchev–Trinajstić information content (AvgIpc) is 3.12. The van der Waals surface area contributed by atoms with Gasteiger partial charge in [0.2, 0.25) is 5.95 Å². The van der Waals surface area contributed by atoms with E-state index < -0.39 is 0 Å². The van der Waals surface area contributed by atoms with Gasteiger partial charge < -0.3 is 10.1 Å². The molecule has 2 aromatic rings. The van der Waals surface area contributed by atoms with Gasteiger partial charge >= 0.3 is 0 Å². The molecule has 0 saturated carbocycles. The van der Waals surface area contributed by atoms with Crippen molar-refractivity contribution in [3.8, 4) is 0 Å². The number of hydrogen-bond acceptors (Lipinski definition) is 6. The predicted octanol–water partition coefficient (Wildman–Crippen LogP) is 1.96. The Balaban J connectivity index is 1.66. The number of nitrogens with zero attached hydrogens (tertiary/aromatic N) is 4. The fourth-order valence-electron chi connectivity index (χ4n) is 2.73. The Morgan fingerprint density at radius 2 is 2.18 bits per heavy atom. The lowest BCUT2D eigenvalue weighted by Crippen LogP contribution is -2.20. The van der Waals surface area contributed by atoms with Crippen LogP contribution in [0.4, 0.5) is 5.95 Å². The molecule has 0 spiro atoms. The van der Waals surface area contributed by atoms with Crippen LogP contribution in [-0.2, 0) is 11.2 Å². The largest absolute Gasteiger partial charge is 0.370 e. The topological polar surface area (TPSA) is 88.6 Å². The molecule has 3 rings (SSSR count). The van der Waals surface area contributed by atoms with Gasteiger partial charge in [0.05, 0.1) is 0 Å². The Morgan fingerprint density at radius 3 is 2.91 bits per heavy atom. The maximum Gasteiger partial charge on any atom is 0.223 e. The molecule has 2 atom stereocenters. The molecule has 2 aromatic heterocycles. The van der Waals surface area contributed by atoms with Crippen molar-refractivity contribution < 1.29 is 4.74 Å². The van der Waals surface area contributed by atoms with Gasteiger partial charge in [-0.05, 0) is 32.8 Å². The highest BCUT2D eigenvalue weighted by Crippen LogP contribution is 2.32. The summed E-state index contributed by atoms with van der Waals surface area (Å²) in [6, 6.07) is 2.02. The molecule has 0 aliphatic carbocycles. The smallest absolute Gasteiger partial charge is 0.223 e. The number of hydrogen-bond donors (Lipinski definition) is 2. The molecule has 0 bridgehead atoms. The van der Waals surface area contributed by atoms with Gasteiger partial charge in [0.1, 0.15) is 11.9 Å². The molecule has 1 aliphatic rings. The molecule has 1 saturated heterocycles. The fraction of sp³-hybridized carbons (Fsp3) is 0.600. The van der Waals surface area contributed by atoms with E-state index in [1.165, 1.54) is 0 Å². The zero-order valence-electron chi connectivity index (χ0n) is 13.3. The molecule has 1 aliphatic heterocycles. The first-order valence-electron chi connectivity index (χ1n) is 7.74. The summed E-state index contributed by atoms with van der Waals surface area (Å²) in [5.74, 6) is 2.56. The van der Waals surface area contributed by atoms with Crippen molar-refractivity contribution in [3.63, 3.8) is 0 Å². The van der Waals surface area contributed by atoms with Crippen molar-refractivity contribution in [2.45, 2.75) is 39.7 Å². The van der Waals surface area contributed by atoms with E-state index in [2.05, 4.69) is 37.4 Å². The highest BCUT2D eigenvalue weighted by Gasteiger charge is 2.32. The number of H-pyrrole nitrogens is 1. The van der Waals surface area contributed by atoms with Crippen LogP contribution in [0, 0.1) is 19.8 Å². The molecular weight excluding hydrogens is 280 g/mol. The standard InChI is InChI=1S/C15H22N6O/c1-4-12-7-9(2)17-15(19-12)16-8-11-5-6-22-13(11)14-18-10(3)20-21-14/h7,11,13H,4-6,8H2,1-3H3,(H,16,17,19)(H,18,20,21)/t11-,13-/m0/s1. The van der Waals surface area contributed by atoms with Gasteiger partial charge in [0.15, 0.2) is 5.82 Å². The normalized spacial score (nSPS) is 21.2. The maximum absolute atomic E-state index is 5.80. The van der Waals surface area contributed by atoms with E-state index in [0.29, 0.717) is 11.9 Å². The van der Waals surface area contributed by atoms with Gasteiger partial charge in [-0.25, -0.2) is 15.0 Å². The SMILES string of the molecule is CCc1cc(C)nc(NC[C@@H]2CCO[C@@H]2c2n[nH]c(C)n2)n1. The van der Waals surface area contributed by atoms with Crippen LogP contribution in [-0.4, -0.2) is 38.3 Å². The molecule has 7 heteroatoms. The minimum absolute atomic E-state index is 0.0621. The minimum Gasteiger partial charge on any atom is -0.370 e. The van der Waals surface area contributed by atoms with Crippen molar-refractivity contribution in [2.75, 3.05) is 18.5 Å². The summed E-state index contributed by atoms with van der Waals surface area (Å²) in [5.41, 5.74) is 2.04.